The van der Waals surface area contributed by atoms with Gasteiger partial charge in [-0.05, 0) is 37.8 Å². The Morgan fingerprint density at radius 3 is 2.83 bits per heavy atom. The quantitative estimate of drug-likeness (QED) is 0.730. The number of nitrogens with two attached hydrogens (primary N) is 1. The van der Waals surface area contributed by atoms with Gasteiger partial charge in [0.1, 0.15) is 6.10 Å². The van der Waals surface area contributed by atoms with E-state index < -0.39 is 17.9 Å². The third kappa shape index (κ3) is 2.90. The fraction of sp³-hybridized carbons (Fsp3) is 0.353. The summed E-state index contributed by atoms with van der Waals surface area (Å²) in [6.07, 6.45) is 1.24. The number of aryl methyl sites for hydroxylation is 1. The highest BCUT2D eigenvalue weighted by Crippen LogP contribution is 2.28. The smallest absolute Gasteiger partial charge is 0.272 e. The molecule has 0 saturated heterocycles. The molecule has 1 aromatic carbocycles. The number of amides is 2. The van der Waals surface area contributed by atoms with Crippen molar-refractivity contribution in [3.63, 3.8) is 0 Å². The Bertz CT molecular complexity index is 797. The number of aliphatic hydroxyl groups excluding tert-OH is 1. The molecule has 126 valence electrons. The Morgan fingerprint density at radius 1 is 1.38 bits per heavy atom. The van der Waals surface area contributed by atoms with Crippen LogP contribution in [-0.4, -0.2) is 39.4 Å². The second-order valence-electron chi connectivity index (χ2n) is 5.95. The largest absolute Gasteiger partial charge is 0.381 e. The van der Waals surface area contributed by atoms with Crippen LogP contribution in [0, 0.1) is 6.92 Å². The number of benzene rings is 1. The van der Waals surface area contributed by atoms with Crippen molar-refractivity contribution in [1.82, 2.24) is 15.1 Å². The molecule has 7 heteroatoms. The Balaban J connectivity index is 1.91. The predicted molar refractivity (Wildman–Crippen MR) is 87.9 cm³/mol. The van der Waals surface area contributed by atoms with Crippen molar-refractivity contribution >= 4 is 11.8 Å². The van der Waals surface area contributed by atoms with E-state index in [-0.39, 0.29) is 6.54 Å². The molecule has 0 radical (unpaired) electrons. The maximum atomic E-state index is 12.4. The molecule has 0 aliphatic heterocycles. The molecule has 1 aliphatic rings. The van der Waals surface area contributed by atoms with E-state index in [0.29, 0.717) is 5.69 Å². The minimum atomic E-state index is -1.40. The van der Waals surface area contributed by atoms with Crippen LogP contribution < -0.4 is 11.1 Å². The average molecular weight is 328 g/mol. The highest BCUT2D eigenvalue weighted by molar-refractivity contribution is 5.94. The van der Waals surface area contributed by atoms with Gasteiger partial charge in [-0.1, -0.05) is 18.2 Å². The maximum Gasteiger partial charge on any atom is 0.272 e. The summed E-state index contributed by atoms with van der Waals surface area (Å²) in [7, 11) is 0. The standard InChI is InChI=1S/C17H20N4O3/c1-10-5-2-3-7-12(10)21-13-8-4-6-11(13)15(20-21)17(24)19-9-14(22)16(18)23/h2-3,5,7,14,22H,4,6,8-9H2,1H3,(H2,18,23)(H,19,24)/t14-/m1/s1. The van der Waals surface area contributed by atoms with E-state index in [4.69, 9.17) is 5.73 Å². The van der Waals surface area contributed by atoms with Crippen LogP contribution in [0.25, 0.3) is 5.69 Å². The first-order valence-corrected chi connectivity index (χ1v) is 7.91. The van der Waals surface area contributed by atoms with Crippen molar-refractivity contribution in [3.05, 3.63) is 46.8 Å². The second-order valence-corrected chi connectivity index (χ2v) is 5.95. The minimum Gasteiger partial charge on any atom is -0.381 e. The van der Waals surface area contributed by atoms with E-state index in [1.807, 2.05) is 35.9 Å². The van der Waals surface area contributed by atoms with Gasteiger partial charge in [0, 0.05) is 11.3 Å². The topological polar surface area (TPSA) is 110 Å². The van der Waals surface area contributed by atoms with E-state index in [2.05, 4.69) is 10.4 Å². The Kier molecular flexibility index (Phi) is 4.35. The average Bonchev–Trinajstić information content (AvgIpc) is 3.15. The molecule has 0 saturated carbocycles. The van der Waals surface area contributed by atoms with Crippen LogP contribution >= 0.6 is 0 Å². The van der Waals surface area contributed by atoms with Gasteiger partial charge in [0.25, 0.3) is 5.91 Å². The van der Waals surface area contributed by atoms with Crippen molar-refractivity contribution in [2.45, 2.75) is 32.3 Å². The number of para-hydroxylation sites is 1. The molecule has 3 rings (SSSR count). The van der Waals surface area contributed by atoms with Crippen LogP contribution in [0.5, 0.6) is 0 Å². The fourth-order valence-electron chi connectivity index (χ4n) is 2.99. The van der Waals surface area contributed by atoms with Gasteiger partial charge in [-0.3, -0.25) is 9.59 Å². The van der Waals surface area contributed by atoms with Crippen molar-refractivity contribution in [2.24, 2.45) is 5.73 Å². The van der Waals surface area contributed by atoms with Gasteiger partial charge in [0.05, 0.1) is 12.2 Å². The number of carbonyl (C=O) groups excluding carboxylic acids is 2. The molecule has 1 aromatic heterocycles. The first-order chi connectivity index (χ1) is 11.5. The lowest BCUT2D eigenvalue weighted by atomic mass is 10.1. The zero-order chi connectivity index (χ0) is 17.3. The molecular formula is C17H20N4O3. The molecule has 2 amide bonds. The number of rotatable bonds is 5. The van der Waals surface area contributed by atoms with Gasteiger partial charge in [-0.15, -0.1) is 0 Å². The van der Waals surface area contributed by atoms with Crippen molar-refractivity contribution in [2.75, 3.05) is 6.54 Å². The minimum absolute atomic E-state index is 0.222. The van der Waals surface area contributed by atoms with Crippen LogP contribution in [0.3, 0.4) is 0 Å². The van der Waals surface area contributed by atoms with E-state index >= 15 is 0 Å². The highest BCUT2D eigenvalue weighted by atomic mass is 16.3. The molecule has 1 aliphatic carbocycles. The molecule has 1 atom stereocenters. The molecule has 24 heavy (non-hydrogen) atoms. The van der Waals surface area contributed by atoms with Crippen LogP contribution in [0.1, 0.15) is 33.7 Å². The summed E-state index contributed by atoms with van der Waals surface area (Å²) >= 11 is 0. The second kappa shape index (κ2) is 6.45. The number of primary amides is 1. The Morgan fingerprint density at radius 2 is 2.12 bits per heavy atom. The summed E-state index contributed by atoms with van der Waals surface area (Å²) in [4.78, 5) is 23.3. The molecule has 0 unspecified atom stereocenters. The summed E-state index contributed by atoms with van der Waals surface area (Å²) in [6, 6.07) is 7.87. The van der Waals surface area contributed by atoms with Gasteiger partial charge in [-0.25, -0.2) is 4.68 Å². The Labute approximate surface area is 139 Å². The SMILES string of the molecule is Cc1ccccc1-n1nc(C(=O)NC[C@@H](O)C(N)=O)c2c1CCC2. The third-order valence-corrected chi connectivity index (χ3v) is 4.27. The van der Waals surface area contributed by atoms with Crippen LogP contribution in [0.15, 0.2) is 24.3 Å². The van der Waals surface area contributed by atoms with Crippen molar-refractivity contribution in [1.29, 1.82) is 0 Å². The molecule has 2 aromatic rings. The number of hydrogen-bond acceptors (Lipinski definition) is 4. The summed E-state index contributed by atoms with van der Waals surface area (Å²) in [5.41, 5.74) is 9.34. The first-order valence-electron chi connectivity index (χ1n) is 7.91. The van der Waals surface area contributed by atoms with Gasteiger partial charge >= 0.3 is 0 Å². The zero-order valence-electron chi connectivity index (χ0n) is 13.5. The van der Waals surface area contributed by atoms with Gasteiger partial charge in [0.2, 0.25) is 5.91 Å². The van der Waals surface area contributed by atoms with Gasteiger partial charge in [-0.2, -0.15) is 5.10 Å². The lowest BCUT2D eigenvalue weighted by Crippen LogP contribution is -2.40. The summed E-state index contributed by atoms with van der Waals surface area (Å²) in [5, 5.41) is 16.4. The Hall–Kier alpha value is -2.67. The summed E-state index contributed by atoms with van der Waals surface area (Å²) < 4.78 is 1.83. The van der Waals surface area contributed by atoms with E-state index in [1.54, 1.807) is 0 Å². The van der Waals surface area contributed by atoms with Crippen LogP contribution in [-0.2, 0) is 17.6 Å². The third-order valence-electron chi connectivity index (χ3n) is 4.27. The van der Waals surface area contributed by atoms with E-state index in [9.17, 15) is 14.7 Å². The molecule has 0 bridgehead atoms. The molecule has 4 N–H and O–H groups in total. The zero-order valence-corrected chi connectivity index (χ0v) is 13.5. The number of carbonyl (C=O) groups is 2. The van der Waals surface area contributed by atoms with Crippen LogP contribution in [0.4, 0.5) is 0 Å². The molecular weight excluding hydrogens is 308 g/mol. The molecule has 0 fully saturated rings. The predicted octanol–water partition coefficient (Wildman–Crippen LogP) is 0.245. The summed E-state index contributed by atoms with van der Waals surface area (Å²) in [5.74, 6) is -1.27. The fourth-order valence-corrected chi connectivity index (χ4v) is 2.99. The van der Waals surface area contributed by atoms with E-state index in [1.165, 1.54) is 0 Å². The maximum absolute atomic E-state index is 12.4. The van der Waals surface area contributed by atoms with Gasteiger partial charge < -0.3 is 16.2 Å². The van der Waals surface area contributed by atoms with Gasteiger partial charge in [0.15, 0.2) is 5.69 Å². The number of nitrogens with one attached hydrogen (secondary N) is 1. The van der Waals surface area contributed by atoms with E-state index in [0.717, 1.165) is 41.8 Å². The molecule has 1 heterocycles. The monoisotopic (exact) mass is 328 g/mol. The van der Waals surface area contributed by atoms with Crippen molar-refractivity contribution in [3.8, 4) is 5.69 Å². The summed E-state index contributed by atoms with van der Waals surface area (Å²) in [6.45, 7) is 1.78. The lowest BCUT2D eigenvalue weighted by Gasteiger charge is -2.09. The lowest BCUT2D eigenvalue weighted by molar-refractivity contribution is -0.125. The normalized spacial score (nSPS) is 14.2. The molecule has 7 nitrogen and oxygen atoms in total. The number of aromatic nitrogens is 2. The number of fused-ring (bicyclic) bond motifs is 1. The number of nitrogens with zero attached hydrogens (tertiary/aromatic N) is 2. The van der Waals surface area contributed by atoms with Crippen LogP contribution in [0.2, 0.25) is 0 Å². The number of aliphatic hydroxyl groups is 1. The first kappa shape index (κ1) is 16.2. The highest BCUT2D eigenvalue weighted by Gasteiger charge is 2.27. The molecule has 0 spiro atoms. The number of hydrogen-bond donors (Lipinski definition) is 3. The van der Waals surface area contributed by atoms with Crippen molar-refractivity contribution < 1.29 is 14.7 Å².